The first kappa shape index (κ1) is 14.9. The second-order valence-electron chi connectivity index (χ2n) is 4.53. The van der Waals surface area contributed by atoms with Crippen LogP contribution >= 0.6 is 15.9 Å². The smallest absolute Gasteiger partial charge is 0.320 e. The Morgan fingerprint density at radius 3 is 2.68 bits per heavy atom. The highest BCUT2D eigenvalue weighted by atomic mass is 79.9. The minimum Gasteiger partial charge on any atom is -0.484 e. The third-order valence-corrected chi connectivity index (χ3v) is 3.73. The van der Waals surface area contributed by atoms with Crippen molar-refractivity contribution in [2.45, 2.75) is 13.2 Å². The second kappa shape index (κ2) is 6.00. The van der Waals surface area contributed by atoms with Gasteiger partial charge >= 0.3 is 6.55 Å². The fraction of sp³-hybridized carbons (Fsp3) is 0.133. The lowest BCUT2D eigenvalue weighted by Gasteiger charge is -2.10. The average Bonchev–Trinajstić information content (AvgIpc) is 2.84. The van der Waals surface area contributed by atoms with E-state index in [9.17, 15) is 13.2 Å². The van der Waals surface area contributed by atoms with Crippen molar-refractivity contribution in [3.63, 3.8) is 0 Å². The van der Waals surface area contributed by atoms with Crippen molar-refractivity contribution in [2.24, 2.45) is 0 Å². The summed E-state index contributed by atoms with van der Waals surface area (Å²) in [4.78, 5) is 4.16. The van der Waals surface area contributed by atoms with Gasteiger partial charge in [0.05, 0.1) is 15.5 Å². The fourth-order valence-electron chi connectivity index (χ4n) is 2.15. The van der Waals surface area contributed by atoms with E-state index in [2.05, 4.69) is 20.9 Å². The molecule has 3 nitrogen and oxygen atoms in total. The van der Waals surface area contributed by atoms with Crippen molar-refractivity contribution in [1.29, 1.82) is 0 Å². The molecule has 0 radical (unpaired) electrons. The number of halogens is 4. The maximum Gasteiger partial charge on any atom is 0.320 e. The molecule has 0 N–H and O–H groups in total. The van der Waals surface area contributed by atoms with Gasteiger partial charge in [-0.05, 0) is 46.3 Å². The summed E-state index contributed by atoms with van der Waals surface area (Å²) in [5.41, 5.74) is 0.814. The topological polar surface area (TPSA) is 27.1 Å². The van der Waals surface area contributed by atoms with E-state index in [1.54, 1.807) is 24.3 Å². The standard InChI is InChI=1S/C15H10BrF3N2O/c16-10-7-9(17)5-6-13(10)22-8-14-20-11-3-1-2-4-12(11)21(14)15(18)19/h1-7,15H,8H2. The normalized spacial score (nSPS) is 11.3. The summed E-state index contributed by atoms with van der Waals surface area (Å²) in [5.74, 6) is 0.0424. The van der Waals surface area contributed by atoms with E-state index in [4.69, 9.17) is 4.74 Å². The fourth-order valence-corrected chi connectivity index (χ4v) is 2.61. The Morgan fingerprint density at radius 1 is 1.18 bits per heavy atom. The Balaban J connectivity index is 1.92. The molecular formula is C15H10BrF3N2O. The number of alkyl halides is 2. The molecule has 0 bridgehead atoms. The summed E-state index contributed by atoms with van der Waals surface area (Å²) in [7, 11) is 0. The van der Waals surface area contributed by atoms with Crippen molar-refractivity contribution in [1.82, 2.24) is 9.55 Å². The summed E-state index contributed by atoms with van der Waals surface area (Å²) in [6.45, 7) is -2.87. The molecule has 0 saturated carbocycles. The van der Waals surface area contributed by atoms with Crippen LogP contribution < -0.4 is 4.74 Å². The predicted molar refractivity (Wildman–Crippen MR) is 79.4 cm³/mol. The van der Waals surface area contributed by atoms with E-state index < -0.39 is 12.4 Å². The van der Waals surface area contributed by atoms with Gasteiger partial charge in [0.1, 0.15) is 18.2 Å². The summed E-state index contributed by atoms with van der Waals surface area (Å²) >= 11 is 3.16. The zero-order chi connectivity index (χ0) is 15.7. The zero-order valence-corrected chi connectivity index (χ0v) is 12.7. The van der Waals surface area contributed by atoms with Crippen LogP contribution in [0, 0.1) is 5.82 Å². The van der Waals surface area contributed by atoms with Gasteiger partial charge in [-0.2, -0.15) is 8.78 Å². The highest BCUT2D eigenvalue weighted by Gasteiger charge is 2.18. The first-order valence-corrected chi connectivity index (χ1v) is 7.17. The maximum atomic E-state index is 13.3. The quantitative estimate of drug-likeness (QED) is 0.652. The second-order valence-corrected chi connectivity index (χ2v) is 5.38. The van der Waals surface area contributed by atoms with Gasteiger partial charge in [0, 0.05) is 0 Å². The van der Waals surface area contributed by atoms with Crippen molar-refractivity contribution >= 4 is 27.0 Å². The number of imidazole rings is 1. The lowest BCUT2D eigenvalue weighted by atomic mass is 10.3. The number of nitrogens with zero attached hydrogens (tertiary/aromatic N) is 2. The van der Waals surface area contributed by atoms with Crippen LogP contribution in [0.25, 0.3) is 11.0 Å². The van der Waals surface area contributed by atoms with E-state index >= 15 is 0 Å². The lowest BCUT2D eigenvalue weighted by molar-refractivity contribution is 0.0677. The van der Waals surface area contributed by atoms with Crippen LogP contribution in [-0.2, 0) is 6.61 Å². The van der Waals surface area contributed by atoms with Crippen LogP contribution in [-0.4, -0.2) is 9.55 Å². The molecule has 3 rings (SSSR count). The van der Waals surface area contributed by atoms with Crippen LogP contribution in [0.15, 0.2) is 46.9 Å². The number of hydrogen-bond donors (Lipinski definition) is 0. The van der Waals surface area contributed by atoms with Gasteiger partial charge in [0.25, 0.3) is 0 Å². The van der Waals surface area contributed by atoms with Crippen LogP contribution in [0.2, 0.25) is 0 Å². The van der Waals surface area contributed by atoms with Gasteiger partial charge in [0.2, 0.25) is 0 Å². The molecule has 22 heavy (non-hydrogen) atoms. The SMILES string of the molecule is Fc1ccc(OCc2nc3ccccc3n2C(F)F)c(Br)c1. The van der Waals surface area contributed by atoms with Gasteiger partial charge in [-0.3, -0.25) is 4.57 Å². The monoisotopic (exact) mass is 370 g/mol. The number of ether oxygens (including phenoxy) is 1. The Kier molecular flexibility index (Phi) is 4.06. The number of rotatable bonds is 4. The Labute approximate surface area is 132 Å². The largest absolute Gasteiger partial charge is 0.484 e. The van der Waals surface area contributed by atoms with E-state index in [1.165, 1.54) is 18.2 Å². The first-order chi connectivity index (χ1) is 10.6. The number of aromatic nitrogens is 2. The third-order valence-electron chi connectivity index (χ3n) is 3.11. The van der Waals surface area contributed by atoms with Gasteiger partial charge < -0.3 is 4.74 Å². The number of para-hydroxylation sites is 2. The van der Waals surface area contributed by atoms with Crippen molar-refractivity contribution in [3.8, 4) is 5.75 Å². The average molecular weight is 371 g/mol. The summed E-state index contributed by atoms with van der Waals surface area (Å²) in [6.07, 6.45) is 0. The molecule has 0 aliphatic heterocycles. The molecule has 0 aliphatic rings. The van der Waals surface area contributed by atoms with Gasteiger partial charge in [0.15, 0.2) is 5.82 Å². The first-order valence-electron chi connectivity index (χ1n) is 6.38. The number of fused-ring (bicyclic) bond motifs is 1. The molecule has 0 fully saturated rings. The Morgan fingerprint density at radius 2 is 1.95 bits per heavy atom. The minimum absolute atomic E-state index is 0.104. The zero-order valence-electron chi connectivity index (χ0n) is 11.1. The van der Waals surface area contributed by atoms with Crippen molar-refractivity contribution < 1.29 is 17.9 Å². The molecule has 0 aliphatic carbocycles. The van der Waals surface area contributed by atoms with Crippen LogP contribution in [0.3, 0.4) is 0 Å². The molecule has 0 amide bonds. The van der Waals surface area contributed by atoms with Gasteiger partial charge in [-0.1, -0.05) is 12.1 Å². The highest BCUT2D eigenvalue weighted by Crippen LogP contribution is 2.28. The predicted octanol–water partition coefficient (Wildman–Crippen LogP) is 4.91. The number of hydrogen-bond acceptors (Lipinski definition) is 2. The molecule has 0 spiro atoms. The van der Waals surface area contributed by atoms with Gasteiger partial charge in [-0.25, -0.2) is 9.37 Å². The molecule has 0 saturated heterocycles. The maximum absolute atomic E-state index is 13.3. The summed E-state index contributed by atoms with van der Waals surface area (Å²) < 4.78 is 46.2. The highest BCUT2D eigenvalue weighted by molar-refractivity contribution is 9.10. The third kappa shape index (κ3) is 2.81. The molecule has 2 aromatic carbocycles. The lowest BCUT2D eigenvalue weighted by Crippen LogP contribution is -2.08. The van der Waals surface area contributed by atoms with Gasteiger partial charge in [-0.15, -0.1) is 0 Å². The Bertz CT molecular complexity index is 820. The molecule has 3 aromatic rings. The van der Waals surface area contributed by atoms with Crippen molar-refractivity contribution in [2.75, 3.05) is 0 Å². The molecule has 114 valence electrons. The van der Waals surface area contributed by atoms with Crippen molar-refractivity contribution in [3.05, 3.63) is 58.6 Å². The Hall–Kier alpha value is -2.02. The minimum atomic E-state index is -2.72. The molecule has 0 atom stereocenters. The van der Waals surface area contributed by atoms with E-state index in [1.807, 2.05) is 0 Å². The van der Waals surface area contributed by atoms with E-state index in [-0.39, 0.29) is 12.4 Å². The summed E-state index contributed by atoms with van der Waals surface area (Å²) in [5, 5.41) is 0. The molecule has 1 aromatic heterocycles. The molecule has 0 unspecified atom stereocenters. The van der Waals surface area contributed by atoms with Crippen LogP contribution in [0.5, 0.6) is 5.75 Å². The van der Waals surface area contributed by atoms with Crippen LogP contribution in [0.4, 0.5) is 13.2 Å². The number of benzene rings is 2. The molecule has 7 heteroatoms. The summed E-state index contributed by atoms with van der Waals surface area (Å²) in [6, 6.07) is 10.5. The van der Waals surface area contributed by atoms with E-state index in [0.29, 0.717) is 21.3 Å². The van der Waals surface area contributed by atoms with Crippen LogP contribution in [0.1, 0.15) is 12.4 Å². The molecular weight excluding hydrogens is 361 g/mol. The van der Waals surface area contributed by atoms with E-state index in [0.717, 1.165) is 4.57 Å². The molecule has 1 heterocycles.